The second-order valence-corrected chi connectivity index (χ2v) is 7.01. The first kappa shape index (κ1) is 16.9. The van der Waals surface area contributed by atoms with Crippen LogP contribution in [0.2, 0.25) is 0 Å². The Hall–Kier alpha value is -2.94. The predicted octanol–water partition coefficient (Wildman–Crippen LogP) is 2.62. The largest absolute Gasteiger partial charge is 0.449 e. The monoisotopic (exact) mass is 360 g/mol. The number of aryl methyl sites for hydroxylation is 1. The third-order valence-corrected chi connectivity index (χ3v) is 5.08. The van der Waals surface area contributed by atoms with Crippen molar-refractivity contribution in [2.75, 3.05) is 10.9 Å². The Morgan fingerprint density at radius 2 is 2.12 bits per heavy atom. The lowest BCUT2D eigenvalue weighted by atomic mass is 10.2. The molecule has 3 aromatic rings. The Labute approximate surface area is 144 Å². The molecule has 0 aliphatic rings. The molecule has 1 amide bonds. The van der Waals surface area contributed by atoms with Gasteiger partial charge in [0.25, 0.3) is 10.0 Å². The number of aromatic nitrogens is 3. The molecular formula is C16H16N4O4S. The molecule has 25 heavy (non-hydrogen) atoms. The summed E-state index contributed by atoms with van der Waals surface area (Å²) in [5.74, 6) is -0.132. The number of sulfonamides is 1. The van der Waals surface area contributed by atoms with E-state index in [2.05, 4.69) is 15.0 Å². The standard InChI is InChI=1S/C16H16N4O4S/c1-3-24-16(21)20(14-10-18-15-13(19-14)7-8-17-15)25(22,23)12-6-4-5-11(2)9-12/h4-10H,3H2,1-2H3,(H,17,18). The Morgan fingerprint density at radius 3 is 2.84 bits per heavy atom. The van der Waals surface area contributed by atoms with Gasteiger partial charge in [-0.05, 0) is 37.6 Å². The van der Waals surface area contributed by atoms with Crippen molar-refractivity contribution in [1.82, 2.24) is 15.0 Å². The van der Waals surface area contributed by atoms with Crippen LogP contribution in [0, 0.1) is 6.92 Å². The molecule has 0 saturated carbocycles. The number of fused-ring (bicyclic) bond motifs is 1. The number of ether oxygens (including phenoxy) is 1. The van der Waals surface area contributed by atoms with E-state index in [1.54, 1.807) is 38.2 Å². The van der Waals surface area contributed by atoms with Crippen LogP contribution in [0.3, 0.4) is 0 Å². The zero-order valence-electron chi connectivity index (χ0n) is 13.6. The smallest absolute Gasteiger partial charge is 0.429 e. The molecule has 0 spiro atoms. The minimum atomic E-state index is -4.20. The lowest BCUT2D eigenvalue weighted by molar-refractivity contribution is 0.164. The first-order valence-electron chi connectivity index (χ1n) is 7.52. The SMILES string of the molecule is CCOC(=O)N(c1cnc2[nH]ccc2n1)S(=O)(=O)c1cccc(C)c1. The molecular weight excluding hydrogens is 344 g/mol. The van der Waals surface area contributed by atoms with Crippen LogP contribution in [0.4, 0.5) is 10.6 Å². The number of carbonyl (C=O) groups excluding carboxylic acids is 1. The van der Waals surface area contributed by atoms with Gasteiger partial charge in [-0.3, -0.25) is 0 Å². The third kappa shape index (κ3) is 3.18. The summed E-state index contributed by atoms with van der Waals surface area (Å²) in [6.07, 6.45) is 1.80. The summed E-state index contributed by atoms with van der Waals surface area (Å²) in [5, 5.41) is 0. The molecule has 0 bridgehead atoms. The van der Waals surface area contributed by atoms with E-state index < -0.39 is 16.1 Å². The molecule has 2 aromatic heterocycles. The van der Waals surface area contributed by atoms with Gasteiger partial charge in [0.1, 0.15) is 5.52 Å². The fourth-order valence-corrected chi connectivity index (χ4v) is 3.68. The molecule has 1 aromatic carbocycles. The molecule has 0 aliphatic carbocycles. The number of rotatable bonds is 4. The number of H-pyrrole nitrogens is 1. The molecule has 8 nitrogen and oxygen atoms in total. The maximum Gasteiger partial charge on any atom is 0.429 e. The number of aromatic amines is 1. The molecule has 0 fully saturated rings. The first-order chi connectivity index (χ1) is 11.9. The minimum absolute atomic E-state index is 0.0263. The van der Waals surface area contributed by atoms with Crippen molar-refractivity contribution in [2.45, 2.75) is 18.7 Å². The van der Waals surface area contributed by atoms with E-state index >= 15 is 0 Å². The summed E-state index contributed by atoms with van der Waals surface area (Å²) in [4.78, 5) is 23.5. The van der Waals surface area contributed by atoms with Gasteiger partial charge in [0.15, 0.2) is 11.5 Å². The molecule has 2 heterocycles. The fraction of sp³-hybridized carbons (Fsp3) is 0.188. The van der Waals surface area contributed by atoms with Gasteiger partial charge in [-0.2, -0.15) is 0 Å². The number of nitrogens with one attached hydrogen (secondary N) is 1. The van der Waals surface area contributed by atoms with E-state index in [0.29, 0.717) is 15.5 Å². The summed E-state index contributed by atoms with van der Waals surface area (Å²) in [6.45, 7) is 3.38. The number of anilines is 1. The minimum Gasteiger partial charge on any atom is -0.449 e. The maximum atomic E-state index is 13.0. The van der Waals surface area contributed by atoms with Gasteiger partial charge >= 0.3 is 6.09 Å². The van der Waals surface area contributed by atoms with Crippen LogP contribution in [0.25, 0.3) is 11.2 Å². The van der Waals surface area contributed by atoms with E-state index in [0.717, 1.165) is 5.56 Å². The predicted molar refractivity (Wildman–Crippen MR) is 91.8 cm³/mol. The van der Waals surface area contributed by atoms with Crippen LogP contribution < -0.4 is 4.31 Å². The molecule has 0 aliphatic heterocycles. The quantitative estimate of drug-likeness (QED) is 0.767. The molecule has 9 heteroatoms. The normalized spacial score (nSPS) is 11.4. The van der Waals surface area contributed by atoms with Crippen molar-refractivity contribution in [2.24, 2.45) is 0 Å². The van der Waals surface area contributed by atoms with Crippen molar-refractivity contribution in [3.63, 3.8) is 0 Å². The zero-order valence-corrected chi connectivity index (χ0v) is 14.4. The number of carbonyl (C=O) groups is 1. The Balaban J connectivity index is 2.15. The highest BCUT2D eigenvalue weighted by molar-refractivity contribution is 7.93. The van der Waals surface area contributed by atoms with Gasteiger partial charge in [0.05, 0.1) is 17.7 Å². The first-order valence-corrected chi connectivity index (χ1v) is 8.96. The highest BCUT2D eigenvalue weighted by atomic mass is 32.2. The second kappa shape index (κ2) is 6.52. The van der Waals surface area contributed by atoms with E-state index in [1.165, 1.54) is 18.3 Å². The third-order valence-electron chi connectivity index (χ3n) is 3.42. The molecule has 0 radical (unpaired) electrons. The van der Waals surface area contributed by atoms with Crippen molar-refractivity contribution in [1.29, 1.82) is 0 Å². The lowest BCUT2D eigenvalue weighted by Gasteiger charge is -2.20. The average Bonchev–Trinajstić information content (AvgIpc) is 3.03. The number of amides is 1. The van der Waals surface area contributed by atoms with Gasteiger partial charge in [-0.25, -0.2) is 23.2 Å². The lowest BCUT2D eigenvalue weighted by Crippen LogP contribution is -2.38. The summed E-state index contributed by atoms with van der Waals surface area (Å²) in [6, 6.07) is 7.89. The molecule has 130 valence electrons. The number of hydrogen-bond acceptors (Lipinski definition) is 6. The molecule has 0 saturated heterocycles. The van der Waals surface area contributed by atoms with Crippen LogP contribution in [-0.2, 0) is 14.8 Å². The molecule has 0 atom stereocenters. The highest BCUT2D eigenvalue weighted by Gasteiger charge is 2.34. The van der Waals surface area contributed by atoms with Gasteiger partial charge in [-0.15, -0.1) is 4.31 Å². The van der Waals surface area contributed by atoms with E-state index in [1.807, 2.05) is 0 Å². The Kier molecular flexibility index (Phi) is 4.41. The van der Waals surface area contributed by atoms with Crippen molar-refractivity contribution < 1.29 is 17.9 Å². The van der Waals surface area contributed by atoms with Crippen LogP contribution in [0.15, 0.2) is 47.6 Å². The maximum absolute atomic E-state index is 13.0. The van der Waals surface area contributed by atoms with Crippen molar-refractivity contribution >= 4 is 33.1 Å². The molecule has 1 N–H and O–H groups in total. The highest BCUT2D eigenvalue weighted by Crippen LogP contribution is 2.24. The van der Waals surface area contributed by atoms with Crippen LogP contribution >= 0.6 is 0 Å². The summed E-state index contributed by atoms with van der Waals surface area (Å²) in [5.41, 5.74) is 1.67. The summed E-state index contributed by atoms with van der Waals surface area (Å²) < 4.78 is 31.5. The van der Waals surface area contributed by atoms with Crippen LogP contribution in [0.1, 0.15) is 12.5 Å². The Bertz CT molecular complexity index is 1030. The number of benzene rings is 1. The van der Waals surface area contributed by atoms with Crippen molar-refractivity contribution in [3.8, 4) is 0 Å². The molecule has 0 unspecified atom stereocenters. The summed E-state index contributed by atoms with van der Waals surface area (Å²) >= 11 is 0. The Morgan fingerprint density at radius 1 is 1.32 bits per heavy atom. The van der Waals surface area contributed by atoms with Crippen molar-refractivity contribution in [3.05, 3.63) is 48.3 Å². The van der Waals surface area contributed by atoms with Crippen LogP contribution in [-0.4, -0.2) is 36.1 Å². The van der Waals surface area contributed by atoms with E-state index in [9.17, 15) is 13.2 Å². The number of hydrogen-bond donors (Lipinski definition) is 1. The zero-order chi connectivity index (χ0) is 18.0. The fourth-order valence-electron chi connectivity index (χ4n) is 2.30. The number of nitrogens with zero attached hydrogens (tertiary/aromatic N) is 3. The van der Waals surface area contributed by atoms with Gasteiger partial charge in [0, 0.05) is 6.20 Å². The van der Waals surface area contributed by atoms with E-state index in [-0.39, 0.29) is 17.3 Å². The molecule has 3 rings (SSSR count). The van der Waals surface area contributed by atoms with Gasteiger partial charge in [-0.1, -0.05) is 12.1 Å². The van der Waals surface area contributed by atoms with Gasteiger partial charge < -0.3 is 9.72 Å². The average molecular weight is 360 g/mol. The van der Waals surface area contributed by atoms with E-state index in [4.69, 9.17) is 4.74 Å². The topological polar surface area (TPSA) is 105 Å². The summed E-state index contributed by atoms with van der Waals surface area (Å²) in [7, 11) is -4.20. The van der Waals surface area contributed by atoms with Gasteiger partial charge in [0.2, 0.25) is 0 Å². The second-order valence-electron chi connectivity index (χ2n) is 5.22. The van der Waals surface area contributed by atoms with Crippen LogP contribution in [0.5, 0.6) is 0 Å².